The average molecular weight is 355 g/mol. The van der Waals surface area contributed by atoms with E-state index in [0.29, 0.717) is 17.9 Å². The molecule has 0 amide bonds. The molecule has 0 aliphatic rings. The summed E-state index contributed by atoms with van der Waals surface area (Å²) >= 11 is 0. The highest BCUT2D eigenvalue weighted by atomic mass is 16.6. The Morgan fingerprint density at radius 2 is 2.04 bits per heavy atom. The molecule has 134 valence electrons. The van der Waals surface area contributed by atoms with E-state index in [-0.39, 0.29) is 23.4 Å². The third kappa shape index (κ3) is 3.67. The van der Waals surface area contributed by atoms with Crippen molar-refractivity contribution in [1.29, 1.82) is 0 Å². The smallest absolute Gasteiger partial charge is 0.373 e. The lowest BCUT2D eigenvalue weighted by molar-refractivity contribution is -0.385. The van der Waals surface area contributed by atoms with Crippen LogP contribution in [0.3, 0.4) is 0 Å². The molecule has 1 aromatic carbocycles. The molecule has 2 heterocycles. The predicted molar refractivity (Wildman–Crippen MR) is 95.5 cm³/mol. The first-order valence-electron chi connectivity index (χ1n) is 7.86. The van der Waals surface area contributed by atoms with Crippen molar-refractivity contribution in [3.8, 4) is 11.6 Å². The molecule has 0 fully saturated rings. The summed E-state index contributed by atoms with van der Waals surface area (Å²) in [5.74, 6) is 0.286. The number of pyridine rings is 1. The average Bonchev–Trinajstić information content (AvgIpc) is 2.62. The number of ether oxygens (including phenoxy) is 2. The lowest BCUT2D eigenvalue weighted by atomic mass is 10.2. The molecule has 1 unspecified atom stereocenters. The van der Waals surface area contributed by atoms with Crippen LogP contribution in [0.1, 0.15) is 6.92 Å². The summed E-state index contributed by atoms with van der Waals surface area (Å²) in [4.78, 5) is 23.2. The van der Waals surface area contributed by atoms with Crippen molar-refractivity contribution in [3.63, 3.8) is 0 Å². The summed E-state index contributed by atoms with van der Waals surface area (Å²) in [5.41, 5.74) is 0.244. The zero-order chi connectivity index (χ0) is 18.5. The highest BCUT2D eigenvalue weighted by molar-refractivity contribution is 5.84. The first kappa shape index (κ1) is 17.5. The fraction of sp³-hybridized carbons (Fsp3) is 0.235. The molecular weight excluding hydrogens is 338 g/mol. The summed E-state index contributed by atoms with van der Waals surface area (Å²) in [7, 11) is 1.55. The maximum atomic E-state index is 11.6. The second-order valence-corrected chi connectivity index (χ2v) is 5.57. The summed E-state index contributed by atoms with van der Waals surface area (Å²) in [6, 6.07) is 8.85. The Morgan fingerprint density at radius 3 is 2.81 bits per heavy atom. The minimum atomic E-state index is -0.574. The Hall–Kier alpha value is -3.33. The van der Waals surface area contributed by atoms with E-state index in [4.69, 9.17) is 9.47 Å². The maximum Gasteiger partial charge on any atom is 0.373 e. The van der Waals surface area contributed by atoms with Crippen molar-refractivity contribution < 1.29 is 14.4 Å². The van der Waals surface area contributed by atoms with E-state index in [1.165, 1.54) is 6.33 Å². The second kappa shape index (κ2) is 7.70. The van der Waals surface area contributed by atoms with Gasteiger partial charge in [0.1, 0.15) is 11.8 Å². The molecule has 0 aliphatic carbocycles. The number of nitro groups is 1. The van der Waals surface area contributed by atoms with Gasteiger partial charge in [0.15, 0.2) is 5.75 Å². The monoisotopic (exact) mass is 355 g/mol. The van der Waals surface area contributed by atoms with Crippen LogP contribution >= 0.6 is 0 Å². The number of hydrogen-bond acceptors (Lipinski definition) is 8. The van der Waals surface area contributed by atoms with Crippen LogP contribution in [-0.2, 0) is 4.74 Å². The number of hydrogen-bond donors (Lipinski definition) is 1. The van der Waals surface area contributed by atoms with Gasteiger partial charge in [-0.3, -0.25) is 15.1 Å². The Morgan fingerprint density at radius 1 is 1.23 bits per heavy atom. The number of nitrogens with zero attached hydrogens (tertiary/aromatic N) is 4. The Balaban J connectivity index is 2.00. The van der Waals surface area contributed by atoms with Gasteiger partial charge >= 0.3 is 11.6 Å². The van der Waals surface area contributed by atoms with Gasteiger partial charge in [0.25, 0.3) is 0 Å². The summed E-state index contributed by atoms with van der Waals surface area (Å²) in [6.45, 7) is 2.19. The van der Waals surface area contributed by atoms with Gasteiger partial charge in [-0.2, -0.15) is 4.98 Å². The van der Waals surface area contributed by atoms with Gasteiger partial charge in [0.05, 0.1) is 11.5 Å². The van der Waals surface area contributed by atoms with Crippen molar-refractivity contribution in [2.45, 2.75) is 13.0 Å². The van der Waals surface area contributed by atoms with E-state index in [9.17, 15) is 10.1 Å². The molecule has 26 heavy (non-hydrogen) atoms. The van der Waals surface area contributed by atoms with Gasteiger partial charge in [-0.25, -0.2) is 4.98 Å². The lowest BCUT2D eigenvalue weighted by Gasteiger charge is -2.14. The highest BCUT2D eigenvalue weighted by Crippen LogP contribution is 2.36. The van der Waals surface area contributed by atoms with Crippen molar-refractivity contribution >= 4 is 22.4 Å². The van der Waals surface area contributed by atoms with Crippen LogP contribution < -0.4 is 10.1 Å². The zero-order valence-electron chi connectivity index (χ0n) is 14.2. The first-order valence-corrected chi connectivity index (χ1v) is 7.86. The van der Waals surface area contributed by atoms with Crippen LogP contribution in [0.15, 0.2) is 42.9 Å². The van der Waals surface area contributed by atoms with Crippen LogP contribution in [-0.4, -0.2) is 39.6 Å². The topological polar surface area (TPSA) is 112 Å². The van der Waals surface area contributed by atoms with E-state index >= 15 is 0 Å². The van der Waals surface area contributed by atoms with Gasteiger partial charge in [-0.15, -0.1) is 0 Å². The Labute approximate surface area is 149 Å². The molecule has 0 radical (unpaired) electrons. The fourth-order valence-corrected chi connectivity index (χ4v) is 2.50. The number of benzene rings is 1. The molecular formula is C17H17N5O4. The van der Waals surface area contributed by atoms with Crippen LogP contribution in [0.5, 0.6) is 11.6 Å². The Kier molecular flexibility index (Phi) is 5.18. The molecule has 0 aliphatic heterocycles. The van der Waals surface area contributed by atoms with E-state index in [2.05, 4.69) is 20.3 Å². The quantitative estimate of drug-likeness (QED) is 0.508. The molecule has 9 nitrogen and oxygen atoms in total. The molecule has 0 spiro atoms. The van der Waals surface area contributed by atoms with Crippen LogP contribution in [0.4, 0.5) is 11.5 Å². The first-order chi connectivity index (χ1) is 12.6. The molecule has 1 N–H and O–H groups in total. The minimum Gasteiger partial charge on any atom is -0.431 e. The maximum absolute atomic E-state index is 11.6. The summed E-state index contributed by atoms with van der Waals surface area (Å²) < 4.78 is 10.8. The molecule has 0 bridgehead atoms. The molecule has 0 saturated heterocycles. The van der Waals surface area contributed by atoms with Crippen molar-refractivity contribution in [2.24, 2.45) is 0 Å². The number of aromatic nitrogens is 3. The zero-order valence-corrected chi connectivity index (χ0v) is 14.2. The normalized spacial score (nSPS) is 11.9. The third-order valence-corrected chi connectivity index (χ3v) is 3.57. The van der Waals surface area contributed by atoms with Gasteiger partial charge in [0, 0.05) is 24.7 Å². The highest BCUT2D eigenvalue weighted by Gasteiger charge is 2.26. The van der Waals surface area contributed by atoms with Crippen LogP contribution in [0, 0.1) is 10.1 Å². The standard InChI is InChI=1S/C17H17N5O4/c1-11(9-25-2)21-16-15(22(23)24)17(20-10-19-16)26-13-7-3-5-12-6-4-8-18-14(12)13/h3-8,10-11H,9H2,1-2H3,(H,19,20,21). The third-order valence-electron chi connectivity index (χ3n) is 3.57. The van der Waals surface area contributed by atoms with E-state index in [0.717, 1.165) is 5.39 Å². The lowest BCUT2D eigenvalue weighted by Crippen LogP contribution is -2.22. The van der Waals surface area contributed by atoms with Crippen LogP contribution in [0.25, 0.3) is 10.9 Å². The minimum absolute atomic E-state index is 0.0674. The summed E-state index contributed by atoms with van der Waals surface area (Å²) in [5, 5.41) is 15.4. The molecule has 0 saturated carbocycles. The van der Waals surface area contributed by atoms with Crippen molar-refractivity contribution in [3.05, 3.63) is 53.0 Å². The Bertz CT molecular complexity index is 929. The number of nitrogens with one attached hydrogen (secondary N) is 1. The van der Waals surface area contributed by atoms with Crippen molar-refractivity contribution in [1.82, 2.24) is 15.0 Å². The second-order valence-electron chi connectivity index (χ2n) is 5.57. The molecule has 3 rings (SSSR count). The number of anilines is 1. The summed E-state index contributed by atoms with van der Waals surface area (Å²) in [6.07, 6.45) is 2.84. The number of rotatable bonds is 7. The van der Waals surface area contributed by atoms with Gasteiger partial charge in [-0.05, 0) is 19.1 Å². The number of para-hydroxylation sites is 1. The van der Waals surface area contributed by atoms with Gasteiger partial charge in [0.2, 0.25) is 5.82 Å². The number of methoxy groups -OCH3 is 1. The molecule has 3 aromatic rings. The van der Waals surface area contributed by atoms with Crippen molar-refractivity contribution in [2.75, 3.05) is 19.0 Å². The predicted octanol–water partition coefficient (Wildman–Crippen LogP) is 3.17. The SMILES string of the molecule is COCC(C)Nc1ncnc(Oc2cccc3cccnc23)c1[N+](=O)[O-]. The molecule has 9 heteroatoms. The van der Waals surface area contributed by atoms with Gasteiger partial charge in [-0.1, -0.05) is 18.2 Å². The molecule has 2 aromatic heterocycles. The largest absolute Gasteiger partial charge is 0.431 e. The van der Waals surface area contributed by atoms with Crippen LogP contribution in [0.2, 0.25) is 0 Å². The fourth-order valence-electron chi connectivity index (χ4n) is 2.50. The van der Waals surface area contributed by atoms with E-state index in [1.807, 2.05) is 19.1 Å². The van der Waals surface area contributed by atoms with E-state index in [1.54, 1.807) is 31.5 Å². The van der Waals surface area contributed by atoms with E-state index < -0.39 is 4.92 Å². The number of fused-ring (bicyclic) bond motifs is 1. The molecule has 1 atom stereocenters. The van der Waals surface area contributed by atoms with Gasteiger partial charge < -0.3 is 14.8 Å².